The van der Waals surface area contributed by atoms with Crippen LogP contribution in [0.5, 0.6) is 0 Å². The maximum absolute atomic E-state index is 12.9. The van der Waals surface area contributed by atoms with Gasteiger partial charge in [0.25, 0.3) is 5.91 Å². The SMILES string of the molecule is CC(=O)CCc1ccc2oc(C(=O)N3C[C@H]4CNC[C@H]4C3)c(C)c2c1.Cl. The molecule has 1 aromatic heterocycles. The Hall–Kier alpha value is -1.85. The third kappa shape index (κ3) is 3.38. The number of benzene rings is 1. The van der Waals surface area contributed by atoms with Crippen LogP contribution >= 0.6 is 12.4 Å². The molecule has 2 fully saturated rings. The zero-order valence-corrected chi connectivity index (χ0v) is 16.0. The molecule has 0 unspecified atom stereocenters. The molecule has 4 rings (SSSR count). The number of hydrogen-bond acceptors (Lipinski definition) is 4. The van der Waals surface area contributed by atoms with Gasteiger partial charge in [-0.25, -0.2) is 0 Å². The number of carbonyl (C=O) groups is 2. The van der Waals surface area contributed by atoms with E-state index >= 15 is 0 Å². The number of halogens is 1. The highest BCUT2D eigenvalue weighted by Gasteiger charge is 2.39. The lowest BCUT2D eigenvalue weighted by Gasteiger charge is -2.16. The van der Waals surface area contributed by atoms with Gasteiger partial charge in [-0.1, -0.05) is 6.07 Å². The number of nitrogens with one attached hydrogen (secondary N) is 1. The first-order chi connectivity index (χ1) is 12.0. The molecule has 2 atom stereocenters. The second-order valence-electron chi connectivity index (χ2n) is 7.48. The number of fused-ring (bicyclic) bond motifs is 2. The van der Waals surface area contributed by atoms with Crippen molar-refractivity contribution < 1.29 is 14.0 Å². The first kappa shape index (κ1) is 18.9. The fourth-order valence-corrected chi connectivity index (χ4v) is 4.11. The lowest BCUT2D eigenvalue weighted by Crippen LogP contribution is -2.31. The minimum absolute atomic E-state index is 0. The molecule has 1 N–H and O–H groups in total. The number of rotatable bonds is 4. The van der Waals surface area contributed by atoms with E-state index in [1.165, 1.54) is 0 Å². The van der Waals surface area contributed by atoms with Crippen LogP contribution in [-0.4, -0.2) is 42.8 Å². The van der Waals surface area contributed by atoms with E-state index in [2.05, 4.69) is 11.4 Å². The van der Waals surface area contributed by atoms with Crippen LogP contribution in [0.1, 0.15) is 35.0 Å². The quantitative estimate of drug-likeness (QED) is 0.891. The second kappa shape index (κ2) is 7.41. The normalized spacial score (nSPS) is 21.7. The van der Waals surface area contributed by atoms with Crippen LogP contribution in [-0.2, 0) is 11.2 Å². The Balaban J connectivity index is 0.00000196. The lowest BCUT2D eigenvalue weighted by atomic mass is 10.0. The summed E-state index contributed by atoms with van der Waals surface area (Å²) in [5, 5.41) is 4.37. The van der Waals surface area contributed by atoms with Gasteiger partial charge >= 0.3 is 0 Å². The van der Waals surface area contributed by atoms with Crippen molar-refractivity contribution in [3.8, 4) is 0 Å². The van der Waals surface area contributed by atoms with Crippen molar-refractivity contribution in [1.82, 2.24) is 10.2 Å². The van der Waals surface area contributed by atoms with Crippen LogP contribution in [0, 0.1) is 18.8 Å². The van der Waals surface area contributed by atoms with Crippen LogP contribution in [0.3, 0.4) is 0 Å². The van der Waals surface area contributed by atoms with E-state index in [1.54, 1.807) is 6.92 Å². The molecule has 140 valence electrons. The van der Waals surface area contributed by atoms with Crippen LogP contribution < -0.4 is 5.32 Å². The number of nitrogens with zero attached hydrogens (tertiary/aromatic N) is 1. The summed E-state index contributed by atoms with van der Waals surface area (Å²) in [6, 6.07) is 5.95. The summed E-state index contributed by atoms with van der Waals surface area (Å²) in [6.45, 7) is 7.21. The summed E-state index contributed by atoms with van der Waals surface area (Å²) >= 11 is 0. The van der Waals surface area contributed by atoms with Gasteiger partial charge in [0.05, 0.1) is 0 Å². The topological polar surface area (TPSA) is 62.6 Å². The molecule has 6 heteroatoms. The highest BCUT2D eigenvalue weighted by atomic mass is 35.5. The average molecular weight is 377 g/mol. The summed E-state index contributed by atoms with van der Waals surface area (Å²) < 4.78 is 5.90. The lowest BCUT2D eigenvalue weighted by molar-refractivity contribution is -0.116. The molecule has 2 aliphatic heterocycles. The van der Waals surface area contributed by atoms with Crippen molar-refractivity contribution in [2.75, 3.05) is 26.2 Å². The van der Waals surface area contributed by atoms with Crippen LogP contribution in [0.4, 0.5) is 0 Å². The minimum Gasteiger partial charge on any atom is -0.451 e. The van der Waals surface area contributed by atoms with Gasteiger partial charge in [0.1, 0.15) is 11.4 Å². The molecule has 0 radical (unpaired) electrons. The van der Waals surface area contributed by atoms with E-state index in [1.807, 2.05) is 24.0 Å². The fourth-order valence-electron chi connectivity index (χ4n) is 4.11. The zero-order chi connectivity index (χ0) is 17.6. The van der Waals surface area contributed by atoms with E-state index in [0.29, 0.717) is 24.0 Å². The third-order valence-corrected chi connectivity index (χ3v) is 5.64. The molecule has 26 heavy (non-hydrogen) atoms. The van der Waals surface area contributed by atoms with Gasteiger partial charge in [-0.15, -0.1) is 12.4 Å². The van der Waals surface area contributed by atoms with Crippen molar-refractivity contribution in [1.29, 1.82) is 0 Å². The summed E-state index contributed by atoms with van der Waals surface area (Å²) in [4.78, 5) is 26.1. The molecule has 0 spiro atoms. The van der Waals surface area contributed by atoms with Gasteiger partial charge < -0.3 is 19.4 Å². The van der Waals surface area contributed by atoms with E-state index in [4.69, 9.17) is 4.42 Å². The number of ketones is 1. The van der Waals surface area contributed by atoms with E-state index in [0.717, 1.165) is 54.7 Å². The number of hydrogen-bond donors (Lipinski definition) is 1. The predicted octanol–water partition coefficient (Wildman–Crippen LogP) is 2.98. The zero-order valence-electron chi connectivity index (χ0n) is 15.2. The molecule has 0 aliphatic carbocycles. The van der Waals surface area contributed by atoms with Crippen molar-refractivity contribution in [3.63, 3.8) is 0 Å². The van der Waals surface area contributed by atoms with Crippen molar-refractivity contribution >= 4 is 35.1 Å². The second-order valence-corrected chi connectivity index (χ2v) is 7.48. The maximum atomic E-state index is 12.9. The van der Waals surface area contributed by atoms with Gasteiger partial charge in [-0.05, 0) is 49.8 Å². The highest BCUT2D eigenvalue weighted by molar-refractivity contribution is 5.99. The molecule has 0 saturated carbocycles. The Morgan fingerprint density at radius 3 is 2.58 bits per heavy atom. The molecule has 5 nitrogen and oxygen atoms in total. The molecular formula is C20H25ClN2O3. The largest absolute Gasteiger partial charge is 0.451 e. The van der Waals surface area contributed by atoms with Crippen molar-refractivity contribution in [2.24, 2.45) is 11.8 Å². The molecule has 2 aliphatic rings. The fraction of sp³-hybridized carbons (Fsp3) is 0.500. The molecule has 1 amide bonds. The number of likely N-dealkylation sites (tertiary alicyclic amines) is 1. The highest BCUT2D eigenvalue weighted by Crippen LogP contribution is 2.31. The molecule has 2 aromatic rings. The smallest absolute Gasteiger partial charge is 0.289 e. The van der Waals surface area contributed by atoms with Gasteiger partial charge in [0.2, 0.25) is 0 Å². The Kier molecular flexibility index (Phi) is 5.39. The maximum Gasteiger partial charge on any atom is 0.289 e. The summed E-state index contributed by atoms with van der Waals surface area (Å²) in [7, 11) is 0. The minimum atomic E-state index is 0. The Morgan fingerprint density at radius 1 is 1.23 bits per heavy atom. The first-order valence-corrected chi connectivity index (χ1v) is 9.04. The van der Waals surface area contributed by atoms with Gasteiger partial charge in [-0.3, -0.25) is 4.79 Å². The van der Waals surface area contributed by atoms with Gasteiger partial charge in [0.15, 0.2) is 5.76 Å². The van der Waals surface area contributed by atoms with Crippen LogP contribution in [0.2, 0.25) is 0 Å². The number of Topliss-reactive ketones (excluding diaryl/α,β-unsaturated/α-hetero) is 1. The first-order valence-electron chi connectivity index (χ1n) is 9.04. The van der Waals surface area contributed by atoms with Crippen LogP contribution in [0.15, 0.2) is 22.6 Å². The Bertz CT molecular complexity index is 833. The van der Waals surface area contributed by atoms with E-state index in [-0.39, 0.29) is 24.1 Å². The number of aryl methyl sites for hydroxylation is 2. The summed E-state index contributed by atoms with van der Waals surface area (Å²) in [5.41, 5.74) is 2.75. The predicted molar refractivity (Wildman–Crippen MR) is 103 cm³/mol. The Morgan fingerprint density at radius 2 is 1.92 bits per heavy atom. The average Bonchev–Trinajstić information content (AvgIpc) is 3.26. The molecule has 0 bridgehead atoms. The van der Waals surface area contributed by atoms with E-state index in [9.17, 15) is 9.59 Å². The summed E-state index contributed by atoms with van der Waals surface area (Å²) in [5.74, 6) is 1.81. The standard InChI is InChI=1S/C20H24N2O3.ClH/c1-12(23)3-4-14-5-6-18-17(7-14)13(2)19(25-18)20(24)22-10-15-8-21-9-16(15)11-22;/h5-7,15-16,21H,3-4,8-11H2,1-2H3;1H/t15-,16+;. The van der Waals surface area contributed by atoms with Crippen molar-refractivity contribution in [2.45, 2.75) is 26.7 Å². The van der Waals surface area contributed by atoms with Crippen molar-refractivity contribution in [3.05, 3.63) is 35.1 Å². The van der Waals surface area contributed by atoms with Crippen LogP contribution in [0.25, 0.3) is 11.0 Å². The van der Waals surface area contributed by atoms with Gasteiger partial charge in [-0.2, -0.15) is 0 Å². The number of amides is 1. The van der Waals surface area contributed by atoms with Gasteiger partial charge in [0, 0.05) is 43.5 Å². The van der Waals surface area contributed by atoms with E-state index < -0.39 is 0 Å². The number of furan rings is 1. The summed E-state index contributed by atoms with van der Waals surface area (Å²) in [6.07, 6.45) is 1.26. The third-order valence-electron chi connectivity index (χ3n) is 5.64. The molecule has 3 heterocycles. The molecule has 2 saturated heterocycles. The monoisotopic (exact) mass is 376 g/mol. The molecule has 1 aromatic carbocycles. The Labute approximate surface area is 159 Å². The molecular weight excluding hydrogens is 352 g/mol. The number of carbonyl (C=O) groups excluding carboxylic acids is 2.